The predicted molar refractivity (Wildman–Crippen MR) is 71.3 cm³/mol. The Hall–Kier alpha value is -0.610. The summed E-state index contributed by atoms with van der Waals surface area (Å²) in [5, 5.41) is 9.16. The summed E-state index contributed by atoms with van der Waals surface area (Å²) in [4.78, 5) is 14.4. The molecule has 0 radical (unpaired) electrons. The fraction of sp³-hybridized carbons (Fsp3) is 0.929. The van der Waals surface area contributed by atoms with Crippen LogP contribution < -0.4 is 0 Å². The van der Waals surface area contributed by atoms with Crippen molar-refractivity contribution in [2.75, 3.05) is 19.8 Å². The highest BCUT2D eigenvalue weighted by Crippen LogP contribution is 2.21. The van der Waals surface area contributed by atoms with Gasteiger partial charge in [0.15, 0.2) is 0 Å². The van der Waals surface area contributed by atoms with Crippen LogP contribution in [0, 0.1) is 5.92 Å². The Morgan fingerprint density at radius 1 is 1.39 bits per heavy atom. The second-order valence-corrected chi connectivity index (χ2v) is 5.25. The zero-order chi connectivity index (χ0) is 13.5. The third-order valence-electron chi connectivity index (χ3n) is 3.62. The van der Waals surface area contributed by atoms with E-state index in [1.54, 1.807) is 0 Å². The monoisotopic (exact) mass is 257 g/mol. The average Bonchev–Trinajstić information content (AvgIpc) is 2.38. The van der Waals surface area contributed by atoms with Gasteiger partial charge >= 0.3 is 0 Å². The summed E-state index contributed by atoms with van der Waals surface area (Å²) < 4.78 is 5.48. The van der Waals surface area contributed by atoms with Crippen molar-refractivity contribution in [3.63, 3.8) is 0 Å². The highest BCUT2D eigenvalue weighted by molar-refractivity contribution is 5.79. The first-order chi connectivity index (χ1) is 8.63. The minimum absolute atomic E-state index is 0.0112. The molecule has 0 aromatic heterocycles. The van der Waals surface area contributed by atoms with E-state index in [4.69, 9.17) is 9.84 Å². The van der Waals surface area contributed by atoms with Crippen molar-refractivity contribution in [1.29, 1.82) is 0 Å². The van der Waals surface area contributed by atoms with Gasteiger partial charge in [-0.15, -0.1) is 0 Å². The first kappa shape index (κ1) is 15.4. The van der Waals surface area contributed by atoms with Crippen molar-refractivity contribution < 1.29 is 14.6 Å². The van der Waals surface area contributed by atoms with Gasteiger partial charge in [-0.1, -0.05) is 26.7 Å². The third kappa shape index (κ3) is 3.95. The van der Waals surface area contributed by atoms with E-state index in [2.05, 4.69) is 13.8 Å². The van der Waals surface area contributed by atoms with Crippen LogP contribution in [0.4, 0.5) is 0 Å². The van der Waals surface area contributed by atoms with Crippen molar-refractivity contribution in [2.45, 2.75) is 58.6 Å². The van der Waals surface area contributed by atoms with Gasteiger partial charge in [0, 0.05) is 12.5 Å². The number of aliphatic hydroxyl groups excluding tert-OH is 1. The summed E-state index contributed by atoms with van der Waals surface area (Å²) in [5.74, 6) is 0.382. The van der Waals surface area contributed by atoms with Crippen LogP contribution in [0.3, 0.4) is 0 Å². The standard InChI is InChI=1S/C14H27NO3/c1-4-6-12(7-5-2)14(17)15-8-13(9-16)18-10-11(15)3/h11-13,16H,4-10H2,1-3H3. The van der Waals surface area contributed by atoms with Crippen LogP contribution >= 0.6 is 0 Å². The SMILES string of the molecule is CCCC(CCC)C(=O)N1CC(CO)OCC1C. The Morgan fingerprint density at radius 2 is 2.00 bits per heavy atom. The van der Waals surface area contributed by atoms with Gasteiger partial charge in [-0.05, 0) is 19.8 Å². The summed E-state index contributed by atoms with van der Waals surface area (Å²) in [7, 11) is 0. The molecule has 1 aliphatic heterocycles. The minimum Gasteiger partial charge on any atom is -0.394 e. The molecule has 1 rings (SSSR count). The number of carbonyl (C=O) groups excluding carboxylic acids is 1. The van der Waals surface area contributed by atoms with E-state index in [1.807, 2.05) is 11.8 Å². The highest BCUT2D eigenvalue weighted by atomic mass is 16.5. The highest BCUT2D eigenvalue weighted by Gasteiger charge is 2.32. The molecule has 2 atom stereocenters. The van der Waals surface area contributed by atoms with Crippen LogP contribution in [0.15, 0.2) is 0 Å². The molecule has 1 aliphatic rings. The van der Waals surface area contributed by atoms with E-state index in [1.165, 1.54) is 0 Å². The van der Waals surface area contributed by atoms with Gasteiger partial charge in [-0.3, -0.25) is 4.79 Å². The molecule has 0 aromatic rings. The molecule has 1 amide bonds. The van der Waals surface area contributed by atoms with Gasteiger partial charge in [-0.2, -0.15) is 0 Å². The quantitative estimate of drug-likeness (QED) is 0.789. The van der Waals surface area contributed by atoms with Crippen LogP contribution in [-0.4, -0.2) is 47.8 Å². The van der Waals surface area contributed by atoms with E-state index in [0.717, 1.165) is 25.7 Å². The van der Waals surface area contributed by atoms with Crippen LogP contribution in [-0.2, 0) is 9.53 Å². The van der Waals surface area contributed by atoms with Gasteiger partial charge in [0.1, 0.15) is 0 Å². The van der Waals surface area contributed by atoms with Crippen LogP contribution in [0.2, 0.25) is 0 Å². The van der Waals surface area contributed by atoms with E-state index in [0.29, 0.717) is 13.2 Å². The molecule has 1 saturated heterocycles. The number of aliphatic hydroxyl groups is 1. The number of hydrogen-bond donors (Lipinski definition) is 1. The number of nitrogens with zero attached hydrogens (tertiary/aromatic N) is 1. The lowest BCUT2D eigenvalue weighted by molar-refractivity contribution is -0.150. The molecule has 0 aliphatic carbocycles. The summed E-state index contributed by atoms with van der Waals surface area (Å²) in [6.45, 7) is 7.30. The second kappa shape index (κ2) is 7.74. The van der Waals surface area contributed by atoms with Gasteiger partial charge < -0.3 is 14.7 Å². The molecule has 0 saturated carbocycles. The van der Waals surface area contributed by atoms with Crippen molar-refractivity contribution >= 4 is 5.91 Å². The largest absolute Gasteiger partial charge is 0.394 e. The molecule has 1 N–H and O–H groups in total. The third-order valence-corrected chi connectivity index (χ3v) is 3.62. The predicted octanol–water partition coefficient (Wildman–Crippen LogP) is 1.81. The molecule has 0 bridgehead atoms. The molecular weight excluding hydrogens is 230 g/mol. The Balaban J connectivity index is 2.65. The first-order valence-corrected chi connectivity index (χ1v) is 7.16. The fourth-order valence-corrected chi connectivity index (χ4v) is 2.56. The molecule has 0 spiro atoms. The number of carbonyl (C=O) groups is 1. The van der Waals surface area contributed by atoms with Gasteiger partial charge in [0.2, 0.25) is 5.91 Å². The normalized spacial score (nSPS) is 24.6. The Labute approximate surface area is 110 Å². The lowest BCUT2D eigenvalue weighted by atomic mass is 9.95. The molecular formula is C14H27NO3. The van der Waals surface area contributed by atoms with Crippen LogP contribution in [0.25, 0.3) is 0 Å². The van der Waals surface area contributed by atoms with Crippen molar-refractivity contribution in [3.05, 3.63) is 0 Å². The molecule has 1 heterocycles. The first-order valence-electron chi connectivity index (χ1n) is 7.16. The maximum atomic E-state index is 12.5. The number of morpholine rings is 1. The molecule has 1 fully saturated rings. The summed E-state index contributed by atoms with van der Waals surface area (Å²) in [6.07, 6.45) is 3.78. The average molecular weight is 257 g/mol. The topological polar surface area (TPSA) is 49.8 Å². The van der Waals surface area contributed by atoms with Crippen molar-refractivity contribution in [3.8, 4) is 0 Å². The molecule has 2 unspecified atom stereocenters. The minimum atomic E-state index is -0.214. The zero-order valence-corrected chi connectivity index (χ0v) is 11.9. The van der Waals surface area contributed by atoms with Crippen LogP contribution in [0.5, 0.6) is 0 Å². The lowest BCUT2D eigenvalue weighted by Crippen LogP contribution is -2.53. The summed E-state index contributed by atoms with van der Waals surface area (Å²) in [6, 6.07) is 0.122. The van der Waals surface area contributed by atoms with Gasteiger partial charge in [0.05, 0.1) is 25.4 Å². The second-order valence-electron chi connectivity index (χ2n) is 5.25. The van der Waals surface area contributed by atoms with Crippen molar-refractivity contribution in [1.82, 2.24) is 4.90 Å². The Bertz CT molecular complexity index is 251. The van der Waals surface area contributed by atoms with E-state index >= 15 is 0 Å². The molecule has 4 heteroatoms. The maximum absolute atomic E-state index is 12.5. The number of rotatable bonds is 6. The smallest absolute Gasteiger partial charge is 0.226 e. The van der Waals surface area contributed by atoms with E-state index < -0.39 is 0 Å². The number of ether oxygens (including phenoxy) is 1. The van der Waals surface area contributed by atoms with Gasteiger partial charge in [-0.25, -0.2) is 0 Å². The number of amides is 1. The lowest BCUT2D eigenvalue weighted by Gasteiger charge is -2.39. The van der Waals surface area contributed by atoms with E-state index in [-0.39, 0.29) is 30.6 Å². The molecule has 18 heavy (non-hydrogen) atoms. The molecule has 0 aromatic carbocycles. The Morgan fingerprint density at radius 3 is 2.50 bits per heavy atom. The van der Waals surface area contributed by atoms with Crippen LogP contribution in [0.1, 0.15) is 46.5 Å². The maximum Gasteiger partial charge on any atom is 0.226 e. The molecule has 106 valence electrons. The number of hydrogen-bond acceptors (Lipinski definition) is 3. The van der Waals surface area contributed by atoms with Crippen molar-refractivity contribution in [2.24, 2.45) is 5.92 Å². The summed E-state index contributed by atoms with van der Waals surface area (Å²) in [5.41, 5.74) is 0. The Kier molecular flexibility index (Phi) is 6.65. The van der Waals surface area contributed by atoms with E-state index in [9.17, 15) is 4.79 Å². The summed E-state index contributed by atoms with van der Waals surface area (Å²) >= 11 is 0. The van der Waals surface area contributed by atoms with Gasteiger partial charge in [0.25, 0.3) is 0 Å². The fourth-order valence-electron chi connectivity index (χ4n) is 2.56. The zero-order valence-electron chi connectivity index (χ0n) is 11.9. The molecule has 4 nitrogen and oxygen atoms in total.